The van der Waals surface area contributed by atoms with Crippen molar-refractivity contribution in [1.82, 2.24) is 20.2 Å². The topological polar surface area (TPSA) is 61.4 Å². The molecular weight excluding hydrogens is 278 g/mol. The number of aromatic nitrogens is 2. The summed E-state index contributed by atoms with van der Waals surface area (Å²) in [6.45, 7) is 4.72. The molecule has 1 N–H and O–H groups in total. The summed E-state index contributed by atoms with van der Waals surface area (Å²) in [7, 11) is 1.90. The standard InChI is InChI=1S/C16H27N5O/c1-3-4-5-9-19-16(22)20(2)14-7-12-21(13-8-14)15-17-10-6-11-18-15/h6,10-11,14H,3-5,7-9,12-13H2,1-2H3,(H,19,22). The molecule has 1 aromatic heterocycles. The van der Waals surface area contributed by atoms with Crippen LogP contribution in [0.5, 0.6) is 0 Å². The molecule has 1 aliphatic heterocycles. The van der Waals surface area contributed by atoms with E-state index in [1.807, 2.05) is 18.0 Å². The van der Waals surface area contributed by atoms with Gasteiger partial charge in [0.1, 0.15) is 0 Å². The number of hydrogen-bond donors (Lipinski definition) is 1. The average molecular weight is 305 g/mol. The van der Waals surface area contributed by atoms with Gasteiger partial charge in [0, 0.05) is 45.1 Å². The van der Waals surface area contributed by atoms with E-state index >= 15 is 0 Å². The minimum Gasteiger partial charge on any atom is -0.341 e. The van der Waals surface area contributed by atoms with E-state index in [1.165, 1.54) is 12.8 Å². The van der Waals surface area contributed by atoms with Crippen LogP contribution in [-0.4, -0.2) is 53.6 Å². The molecule has 2 rings (SSSR count). The predicted octanol–water partition coefficient (Wildman–Crippen LogP) is 2.28. The van der Waals surface area contributed by atoms with Crippen LogP contribution in [0.2, 0.25) is 0 Å². The van der Waals surface area contributed by atoms with Crippen LogP contribution in [-0.2, 0) is 0 Å². The summed E-state index contributed by atoms with van der Waals surface area (Å²) in [6, 6.07) is 2.17. The zero-order chi connectivity index (χ0) is 15.8. The summed E-state index contributed by atoms with van der Waals surface area (Å²) in [4.78, 5) is 24.7. The fourth-order valence-corrected chi connectivity index (χ4v) is 2.77. The number of hydrogen-bond acceptors (Lipinski definition) is 4. The summed E-state index contributed by atoms with van der Waals surface area (Å²) in [6.07, 6.45) is 8.84. The third kappa shape index (κ3) is 4.58. The third-order valence-electron chi connectivity index (χ3n) is 4.22. The van der Waals surface area contributed by atoms with Crippen molar-refractivity contribution in [3.63, 3.8) is 0 Å². The molecule has 2 amide bonds. The third-order valence-corrected chi connectivity index (χ3v) is 4.22. The quantitative estimate of drug-likeness (QED) is 0.819. The van der Waals surface area contributed by atoms with Crippen LogP contribution in [0.3, 0.4) is 0 Å². The first kappa shape index (κ1) is 16.5. The van der Waals surface area contributed by atoms with Crippen molar-refractivity contribution in [2.75, 3.05) is 31.6 Å². The first-order valence-electron chi connectivity index (χ1n) is 8.25. The van der Waals surface area contributed by atoms with Gasteiger partial charge in [-0.05, 0) is 25.3 Å². The van der Waals surface area contributed by atoms with Crippen LogP contribution < -0.4 is 10.2 Å². The fourth-order valence-electron chi connectivity index (χ4n) is 2.77. The first-order chi connectivity index (χ1) is 10.7. The number of urea groups is 1. The smallest absolute Gasteiger partial charge is 0.317 e. The van der Waals surface area contributed by atoms with Crippen molar-refractivity contribution in [2.45, 2.75) is 45.1 Å². The fraction of sp³-hybridized carbons (Fsp3) is 0.688. The molecule has 0 aromatic carbocycles. The minimum absolute atomic E-state index is 0.0468. The van der Waals surface area contributed by atoms with Crippen LogP contribution in [0.25, 0.3) is 0 Å². The Kier molecular flexibility index (Phi) is 6.43. The van der Waals surface area contributed by atoms with Crippen LogP contribution >= 0.6 is 0 Å². The van der Waals surface area contributed by atoms with E-state index in [9.17, 15) is 4.79 Å². The molecule has 0 bridgehead atoms. The molecule has 1 aliphatic rings. The Labute approximate surface area is 132 Å². The molecule has 0 atom stereocenters. The summed E-state index contributed by atoms with van der Waals surface area (Å²) in [5.74, 6) is 0.785. The molecule has 0 saturated carbocycles. The maximum Gasteiger partial charge on any atom is 0.317 e. The number of nitrogens with one attached hydrogen (secondary N) is 1. The van der Waals surface area contributed by atoms with Crippen LogP contribution in [0, 0.1) is 0 Å². The molecule has 22 heavy (non-hydrogen) atoms. The van der Waals surface area contributed by atoms with Gasteiger partial charge in [-0.25, -0.2) is 14.8 Å². The second-order valence-corrected chi connectivity index (χ2v) is 5.82. The highest BCUT2D eigenvalue weighted by atomic mass is 16.2. The lowest BCUT2D eigenvalue weighted by atomic mass is 10.0. The van der Waals surface area contributed by atoms with Crippen molar-refractivity contribution in [2.24, 2.45) is 0 Å². The number of carbonyl (C=O) groups is 1. The molecule has 2 heterocycles. The molecule has 1 saturated heterocycles. The van der Waals surface area contributed by atoms with Crippen molar-refractivity contribution in [1.29, 1.82) is 0 Å². The van der Waals surface area contributed by atoms with Gasteiger partial charge < -0.3 is 15.1 Å². The number of rotatable bonds is 6. The number of amides is 2. The van der Waals surface area contributed by atoms with Crippen molar-refractivity contribution < 1.29 is 4.79 Å². The molecule has 0 spiro atoms. The van der Waals surface area contributed by atoms with Gasteiger partial charge in [0.15, 0.2) is 0 Å². The van der Waals surface area contributed by atoms with Gasteiger partial charge in [-0.15, -0.1) is 0 Å². The van der Waals surface area contributed by atoms with Gasteiger partial charge in [-0.3, -0.25) is 0 Å². The Bertz CT molecular complexity index is 445. The second-order valence-electron chi connectivity index (χ2n) is 5.82. The lowest BCUT2D eigenvalue weighted by Crippen LogP contribution is -2.49. The Morgan fingerprint density at radius 2 is 2.00 bits per heavy atom. The van der Waals surface area contributed by atoms with Crippen molar-refractivity contribution in [3.05, 3.63) is 18.5 Å². The second kappa shape index (κ2) is 8.56. The van der Waals surface area contributed by atoms with Gasteiger partial charge in [-0.2, -0.15) is 0 Å². The summed E-state index contributed by atoms with van der Waals surface area (Å²) in [5, 5.41) is 3.01. The van der Waals surface area contributed by atoms with E-state index in [4.69, 9.17) is 0 Å². The molecule has 0 radical (unpaired) electrons. The number of anilines is 1. The van der Waals surface area contributed by atoms with Crippen LogP contribution in [0.4, 0.5) is 10.7 Å². The average Bonchev–Trinajstić information content (AvgIpc) is 2.59. The SMILES string of the molecule is CCCCCNC(=O)N(C)C1CCN(c2ncccn2)CC1. The monoisotopic (exact) mass is 305 g/mol. The Balaban J connectivity index is 1.75. The van der Waals surface area contributed by atoms with Gasteiger partial charge in [0.25, 0.3) is 0 Å². The highest BCUT2D eigenvalue weighted by molar-refractivity contribution is 5.74. The van der Waals surface area contributed by atoms with Crippen molar-refractivity contribution >= 4 is 12.0 Å². The summed E-state index contributed by atoms with van der Waals surface area (Å²) < 4.78 is 0. The summed E-state index contributed by atoms with van der Waals surface area (Å²) in [5.41, 5.74) is 0. The number of carbonyl (C=O) groups excluding carboxylic acids is 1. The van der Waals surface area contributed by atoms with E-state index in [1.54, 1.807) is 12.4 Å². The number of unbranched alkanes of at least 4 members (excludes halogenated alkanes) is 2. The molecule has 6 heteroatoms. The van der Waals surface area contributed by atoms with Crippen LogP contribution in [0.1, 0.15) is 39.0 Å². The maximum absolute atomic E-state index is 12.1. The zero-order valence-corrected chi connectivity index (χ0v) is 13.7. The Morgan fingerprint density at radius 1 is 1.32 bits per heavy atom. The van der Waals surface area contributed by atoms with Crippen molar-refractivity contribution in [3.8, 4) is 0 Å². The zero-order valence-electron chi connectivity index (χ0n) is 13.7. The first-order valence-corrected chi connectivity index (χ1v) is 8.25. The molecule has 122 valence electrons. The highest BCUT2D eigenvalue weighted by Gasteiger charge is 2.26. The molecule has 1 aromatic rings. The largest absolute Gasteiger partial charge is 0.341 e. The molecule has 0 aliphatic carbocycles. The van der Waals surface area contributed by atoms with E-state index < -0.39 is 0 Å². The predicted molar refractivity (Wildman–Crippen MR) is 88.0 cm³/mol. The normalized spacial score (nSPS) is 15.6. The van der Waals surface area contributed by atoms with Gasteiger partial charge in [0.2, 0.25) is 5.95 Å². The van der Waals surface area contributed by atoms with Gasteiger partial charge in [0.05, 0.1) is 0 Å². The van der Waals surface area contributed by atoms with E-state index in [2.05, 4.69) is 27.1 Å². The van der Waals surface area contributed by atoms with Gasteiger partial charge in [-0.1, -0.05) is 19.8 Å². The Morgan fingerprint density at radius 3 is 2.64 bits per heavy atom. The lowest BCUT2D eigenvalue weighted by molar-refractivity contribution is 0.179. The lowest BCUT2D eigenvalue weighted by Gasteiger charge is -2.36. The highest BCUT2D eigenvalue weighted by Crippen LogP contribution is 2.18. The number of nitrogens with zero attached hydrogens (tertiary/aromatic N) is 4. The maximum atomic E-state index is 12.1. The van der Waals surface area contributed by atoms with E-state index in [-0.39, 0.29) is 6.03 Å². The molecule has 0 unspecified atom stereocenters. The number of piperidine rings is 1. The Hall–Kier alpha value is -1.85. The molecular formula is C16H27N5O. The van der Waals surface area contributed by atoms with Gasteiger partial charge >= 0.3 is 6.03 Å². The van der Waals surface area contributed by atoms with E-state index in [0.29, 0.717) is 6.04 Å². The summed E-state index contributed by atoms with van der Waals surface area (Å²) >= 11 is 0. The van der Waals surface area contributed by atoms with Crippen LogP contribution in [0.15, 0.2) is 18.5 Å². The minimum atomic E-state index is 0.0468. The molecule has 1 fully saturated rings. The van der Waals surface area contributed by atoms with E-state index in [0.717, 1.165) is 44.8 Å². The molecule has 6 nitrogen and oxygen atoms in total.